The van der Waals surface area contributed by atoms with Crippen molar-refractivity contribution in [2.24, 2.45) is 5.16 Å². The number of nitrogens with one attached hydrogen (secondary N) is 2. The van der Waals surface area contributed by atoms with Crippen molar-refractivity contribution in [3.8, 4) is 0 Å². The van der Waals surface area contributed by atoms with Crippen LogP contribution in [0.4, 0.5) is 9.93 Å². The van der Waals surface area contributed by atoms with Gasteiger partial charge in [0.15, 0.2) is 10.8 Å². The zero-order chi connectivity index (χ0) is 26.5. The summed E-state index contributed by atoms with van der Waals surface area (Å²) >= 11 is 2.60. The highest BCUT2D eigenvalue weighted by atomic mass is 32.2. The number of aromatic nitrogens is 1. The van der Waals surface area contributed by atoms with Crippen molar-refractivity contribution in [1.29, 1.82) is 0 Å². The van der Waals surface area contributed by atoms with E-state index < -0.39 is 29.6 Å². The Bertz CT molecular complexity index is 1080. The van der Waals surface area contributed by atoms with Gasteiger partial charge in [0.2, 0.25) is 0 Å². The van der Waals surface area contributed by atoms with Crippen molar-refractivity contribution >= 4 is 65.9 Å². The van der Waals surface area contributed by atoms with Gasteiger partial charge in [0.1, 0.15) is 29.3 Å². The minimum absolute atomic E-state index is 0.0954. The number of thioether (sulfide) groups is 1. The Balaban J connectivity index is 1.72. The highest BCUT2D eigenvalue weighted by Gasteiger charge is 2.49. The molecule has 0 bridgehead atoms. The van der Waals surface area contributed by atoms with E-state index in [9.17, 15) is 19.2 Å². The number of hydrogen-bond donors (Lipinski definition) is 2. The fourth-order valence-corrected chi connectivity index (χ4v) is 5.14. The molecule has 1 aromatic heterocycles. The molecule has 0 unspecified atom stereocenters. The Morgan fingerprint density at radius 2 is 2.08 bits per heavy atom. The number of anilines is 1. The van der Waals surface area contributed by atoms with Crippen LogP contribution in [0.15, 0.2) is 22.3 Å². The van der Waals surface area contributed by atoms with Crippen molar-refractivity contribution < 1.29 is 33.4 Å². The van der Waals surface area contributed by atoms with Crippen LogP contribution < -0.4 is 10.6 Å². The molecule has 2 aliphatic rings. The molecular weight excluding hydrogens is 509 g/mol. The van der Waals surface area contributed by atoms with Gasteiger partial charge < -0.3 is 24.4 Å². The molecular formula is C21H26BN5O7S2. The molecule has 0 aliphatic carbocycles. The average Bonchev–Trinajstić information content (AvgIpc) is 3.27. The molecule has 1 saturated heterocycles. The van der Waals surface area contributed by atoms with E-state index in [-0.39, 0.29) is 40.8 Å². The lowest BCUT2D eigenvalue weighted by Gasteiger charge is -2.47. The summed E-state index contributed by atoms with van der Waals surface area (Å²) in [7, 11) is 4.79. The maximum absolute atomic E-state index is 13.1. The topological polar surface area (TPSA) is 149 Å². The molecule has 0 spiro atoms. The highest BCUT2D eigenvalue weighted by Crippen LogP contribution is 2.36. The van der Waals surface area contributed by atoms with E-state index in [0.717, 1.165) is 29.1 Å². The van der Waals surface area contributed by atoms with E-state index in [1.165, 1.54) is 5.38 Å². The normalized spacial score (nSPS) is 19.4. The fraction of sp³-hybridized carbons (Fsp3) is 0.524. The van der Waals surface area contributed by atoms with Gasteiger partial charge in [-0.15, -0.1) is 23.1 Å². The summed E-state index contributed by atoms with van der Waals surface area (Å²) in [5.74, 6) is -0.884. The van der Waals surface area contributed by atoms with Crippen LogP contribution in [0.2, 0.25) is 0 Å². The third kappa shape index (κ3) is 7.00. The van der Waals surface area contributed by atoms with Crippen LogP contribution in [-0.4, -0.2) is 76.9 Å². The molecule has 36 heavy (non-hydrogen) atoms. The van der Waals surface area contributed by atoms with Gasteiger partial charge in [-0.05, 0) is 32.8 Å². The van der Waals surface area contributed by atoms with Crippen molar-refractivity contribution in [2.45, 2.75) is 57.6 Å². The molecule has 2 aliphatic heterocycles. The lowest BCUT2D eigenvalue weighted by molar-refractivity contribution is -0.144. The van der Waals surface area contributed by atoms with Crippen LogP contribution in [-0.2, 0) is 28.6 Å². The molecule has 1 fully saturated rings. The van der Waals surface area contributed by atoms with Crippen molar-refractivity contribution in [1.82, 2.24) is 15.2 Å². The van der Waals surface area contributed by atoms with Gasteiger partial charge in [0.05, 0.1) is 6.42 Å². The number of β-lactam (4-membered cyclic amide) rings is 1. The molecule has 15 heteroatoms. The summed E-state index contributed by atoms with van der Waals surface area (Å²) in [4.78, 5) is 59.9. The lowest BCUT2D eigenvalue weighted by Crippen LogP contribution is -2.69. The quantitative estimate of drug-likeness (QED) is 0.159. The van der Waals surface area contributed by atoms with Gasteiger partial charge in [0.25, 0.3) is 17.8 Å². The average molecular weight is 535 g/mol. The molecule has 0 aromatic carbocycles. The molecule has 192 valence electrons. The molecule has 2 atom stereocenters. The number of thiazole rings is 1. The van der Waals surface area contributed by atoms with Gasteiger partial charge in [-0.25, -0.2) is 9.78 Å². The summed E-state index contributed by atoms with van der Waals surface area (Å²) in [5.41, 5.74) is 0.302. The predicted octanol–water partition coefficient (Wildman–Crippen LogP) is 1.92. The molecule has 1 aromatic rings. The summed E-state index contributed by atoms with van der Waals surface area (Å²) in [6, 6.07) is -0.743. The largest absolute Gasteiger partial charge is 0.543 e. The zero-order valence-corrected chi connectivity index (χ0v) is 21.9. The van der Waals surface area contributed by atoms with Gasteiger partial charge in [0, 0.05) is 17.3 Å². The molecule has 3 amide bonds. The molecule has 12 nitrogen and oxygen atoms in total. The van der Waals surface area contributed by atoms with E-state index in [2.05, 4.69) is 25.4 Å². The SMILES string of the molecule is [B]OC(=O)CCO/N=C(\C(=O)N[C@@H]1C(=O)N2C=C(CC)CS[C@H]12)c1csc(NC(=O)OC(C)(C)C)n1. The van der Waals surface area contributed by atoms with Gasteiger partial charge >= 0.3 is 14.1 Å². The number of hydrogen-bond acceptors (Lipinski definition) is 11. The Morgan fingerprint density at radius 1 is 1.33 bits per heavy atom. The number of ether oxygens (including phenoxy) is 1. The van der Waals surface area contributed by atoms with Gasteiger partial charge in [-0.1, -0.05) is 12.1 Å². The highest BCUT2D eigenvalue weighted by molar-refractivity contribution is 8.00. The van der Waals surface area contributed by atoms with E-state index in [4.69, 9.17) is 17.6 Å². The number of rotatable bonds is 9. The second kappa shape index (κ2) is 11.8. The number of nitrogens with zero attached hydrogens (tertiary/aromatic N) is 3. The van der Waals surface area contributed by atoms with Crippen molar-refractivity contribution in [2.75, 3.05) is 17.7 Å². The van der Waals surface area contributed by atoms with E-state index in [1.54, 1.807) is 37.4 Å². The Hall–Kier alpha value is -3.07. The predicted molar refractivity (Wildman–Crippen MR) is 134 cm³/mol. The third-order valence-corrected chi connectivity index (χ3v) is 6.97. The monoisotopic (exact) mass is 535 g/mol. The summed E-state index contributed by atoms with van der Waals surface area (Å²) in [5, 5.41) is 10.4. The standard InChI is InChI=1S/C21H26BN5O7S2/c1-5-11-8-27-17(30)15(18(27)35-9-11)24-16(29)14(26-32-7-6-13(28)34-22)12-10-36-19(23-12)25-20(31)33-21(2,3)4/h8,10,15,18H,5-7,9H2,1-4H3,(H,24,29)(H,23,25,31)/b26-14-/t15-,18-/m1/s1. The second-order valence-electron chi connectivity index (χ2n) is 8.72. The first-order valence-electron chi connectivity index (χ1n) is 11.0. The molecule has 2 radical (unpaired) electrons. The number of carbonyl (C=O) groups is 4. The third-order valence-electron chi connectivity index (χ3n) is 4.84. The number of amides is 3. The first kappa shape index (κ1) is 27.5. The first-order valence-corrected chi connectivity index (χ1v) is 12.9. The number of oxime groups is 1. The minimum atomic E-state index is -0.743. The molecule has 3 heterocycles. The Labute approximate surface area is 217 Å². The van der Waals surface area contributed by atoms with Crippen LogP contribution in [0.3, 0.4) is 0 Å². The molecule has 0 saturated carbocycles. The minimum Gasteiger partial charge on any atom is -0.543 e. The van der Waals surface area contributed by atoms with Gasteiger partial charge in [-0.2, -0.15) is 0 Å². The number of fused-ring (bicyclic) bond motifs is 1. The second-order valence-corrected chi connectivity index (χ2v) is 10.7. The van der Waals surface area contributed by atoms with E-state index in [0.29, 0.717) is 0 Å². The van der Waals surface area contributed by atoms with Crippen molar-refractivity contribution in [3.05, 3.63) is 22.8 Å². The summed E-state index contributed by atoms with van der Waals surface area (Å²) in [6.45, 7) is 6.97. The Kier molecular flexibility index (Phi) is 9.01. The van der Waals surface area contributed by atoms with Crippen LogP contribution in [0.25, 0.3) is 0 Å². The van der Waals surface area contributed by atoms with Crippen LogP contribution in [0, 0.1) is 0 Å². The van der Waals surface area contributed by atoms with Crippen LogP contribution in [0.1, 0.15) is 46.2 Å². The summed E-state index contributed by atoms with van der Waals surface area (Å²) < 4.78 is 9.26. The Morgan fingerprint density at radius 3 is 2.75 bits per heavy atom. The number of carbonyl (C=O) groups excluding carboxylic acids is 4. The first-order chi connectivity index (χ1) is 17.0. The van der Waals surface area contributed by atoms with Crippen molar-refractivity contribution in [3.63, 3.8) is 0 Å². The maximum Gasteiger partial charge on any atom is 0.413 e. The van der Waals surface area contributed by atoms with Crippen LogP contribution >= 0.6 is 23.1 Å². The zero-order valence-electron chi connectivity index (χ0n) is 20.2. The lowest BCUT2D eigenvalue weighted by atomic mass is 10.1. The summed E-state index contributed by atoms with van der Waals surface area (Å²) in [6.07, 6.45) is 1.76. The smallest absolute Gasteiger partial charge is 0.413 e. The van der Waals surface area contributed by atoms with Gasteiger partial charge in [-0.3, -0.25) is 19.7 Å². The molecule has 2 N–H and O–H groups in total. The van der Waals surface area contributed by atoms with Crippen LogP contribution in [0.5, 0.6) is 0 Å². The van der Waals surface area contributed by atoms with E-state index >= 15 is 0 Å². The molecule has 3 rings (SSSR count). The van der Waals surface area contributed by atoms with E-state index in [1.807, 2.05) is 13.1 Å². The maximum atomic E-state index is 13.1. The fourth-order valence-electron chi connectivity index (χ4n) is 3.10.